The Kier molecular flexibility index (Phi) is 2.76. The highest BCUT2D eigenvalue weighted by Gasteiger charge is 2.29. The minimum Gasteiger partial charge on any atom is -0.478 e. The van der Waals surface area contributed by atoms with Gasteiger partial charge in [-0.2, -0.15) is 0 Å². The lowest BCUT2D eigenvalue weighted by Gasteiger charge is -2.39. The van der Waals surface area contributed by atoms with Crippen molar-refractivity contribution < 1.29 is 9.84 Å². The number of anilines is 1. The number of aromatic nitrogens is 2. The van der Waals surface area contributed by atoms with Crippen LogP contribution < -0.4 is 9.64 Å². The number of para-hydroxylation sites is 2. The van der Waals surface area contributed by atoms with E-state index < -0.39 is 0 Å². The number of nitrogens with zero attached hydrogens (tertiary/aromatic N) is 3. The van der Waals surface area contributed by atoms with Gasteiger partial charge in [0, 0.05) is 25.6 Å². The summed E-state index contributed by atoms with van der Waals surface area (Å²) < 4.78 is 5.30. The molecule has 1 saturated heterocycles. The van der Waals surface area contributed by atoms with Gasteiger partial charge in [-0.1, -0.05) is 12.1 Å². The van der Waals surface area contributed by atoms with Gasteiger partial charge in [-0.05, 0) is 12.1 Å². The number of aliphatic hydroxyl groups is 1. The summed E-state index contributed by atoms with van der Waals surface area (Å²) in [6, 6.07) is 7.73. The maximum Gasteiger partial charge on any atom is 0.257 e. The van der Waals surface area contributed by atoms with Crippen LogP contribution in [0.4, 0.5) is 5.82 Å². The summed E-state index contributed by atoms with van der Waals surface area (Å²) >= 11 is 0. The Morgan fingerprint density at radius 2 is 1.94 bits per heavy atom. The van der Waals surface area contributed by atoms with Crippen molar-refractivity contribution in [3.05, 3.63) is 24.3 Å². The zero-order valence-corrected chi connectivity index (χ0v) is 10.2. The Balaban J connectivity index is 2.00. The molecule has 0 saturated carbocycles. The molecule has 0 radical (unpaired) electrons. The molecule has 3 rings (SSSR count). The number of hydrogen-bond acceptors (Lipinski definition) is 5. The third kappa shape index (κ3) is 1.76. The topological polar surface area (TPSA) is 58.5 Å². The highest BCUT2D eigenvalue weighted by molar-refractivity contribution is 5.77. The number of hydrogen-bond donors (Lipinski definition) is 1. The third-order valence-electron chi connectivity index (χ3n) is 3.23. The monoisotopic (exact) mass is 245 g/mol. The van der Waals surface area contributed by atoms with Crippen LogP contribution in [-0.2, 0) is 0 Å². The largest absolute Gasteiger partial charge is 0.478 e. The lowest BCUT2D eigenvalue weighted by molar-refractivity contribution is 0.199. The Labute approximate surface area is 105 Å². The Hall–Kier alpha value is -1.88. The summed E-state index contributed by atoms with van der Waals surface area (Å²) in [5.74, 6) is 1.65. The van der Waals surface area contributed by atoms with E-state index >= 15 is 0 Å². The minimum atomic E-state index is 0.222. The number of fused-ring (bicyclic) bond motifs is 1. The zero-order chi connectivity index (χ0) is 12.5. The molecule has 0 unspecified atom stereocenters. The molecule has 5 heteroatoms. The highest BCUT2D eigenvalue weighted by Crippen LogP contribution is 2.31. The Morgan fingerprint density at radius 3 is 2.56 bits per heavy atom. The molecular weight excluding hydrogens is 230 g/mol. The summed E-state index contributed by atoms with van der Waals surface area (Å²) in [5.41, 5.74) is 1.69. The maximum absolute atomic E-state index is 9.06. The lowest BCUT2D eigenvalue weighted by Crippen LogP contribution is -2.49. The number of ether oxygens (including phenoxy) is 1. The van der Waals surface area contributed by atoms with E-state index in [-0.39, 0.29) is 6.61 Å². The molecule has 1 N–H and O–H groups in total. The van der Waals surface area contributed by atoms with E-state index in [2.05, 4.69) is 14.9 Å². The molecular formula is C13H15N3O2. The molecule has 0 amide bonds. The van der Waals surface area contributed by atoms with Crippen molar-refractivity contribution in [2.75, 3.05) is 31.7 Å². The van der Waals surface area contributed by atoms with Crippen molar-refractivity contribution in [1.82, 2.24) is 9.97 Å². The fourth-order valence-corrected chi connectivity index (χ4v) is 2.18. The summed E-state index contributed by atoms with van der Waals surface area (Å²) in [4.78, 5) is 11.1. The molecule has 1 aliphatic rings. The molecule has 0 atom stereocenters. The average Bonchev–Trinajstić information content (AvgIpc) is 2.36. The number of aliphatic hydroxyl groups excluding tert-OH is 1. The molecule has 1 aliphatic heterocycles. The normalized spacial score (nSPS) is 15.8. The van der Waals surface area contributed by atoms with Gasteiger partial charge in [0.2, 0.25) is 0 Å². The molecule has 1 aromatic heterocycles. The van der Waals surface area contributed by atoms with E-state index in [0.717, 1.165) is 29.9 Å². The maximum atomic E-state index is 9.06. The summed E-state index contributed by atoms with van der Waals surface area (Å²) in [5, 5.41) is 9.06. The SMILES string of the molecule is COc1nc2ccccc2nc1N1CC(CO)C1. The molecule has 0 spiro atoms. The van der Waals surface area contributed by atoms with Gasteiger partial charge in [0.05, 0.1) is 18.1 Å². The van der Waals surface area contributed by atoms with Crippen LogP contribution >= 0.6 is 0 Å². The quantitative estimate of drug-likeness (QED) is 0.876. The molecule has 2 aromatic rings. The second kappa shape index (κ2) is 4.42. The van der Waals surface area contributed by atoms with Crippen molar-refractivity contribution in [1.29, 1.82) is 0 Å². The first-order valence-electron chi connectivity index (χ1n) is 5.98. The molecule has 0 aliphatic carbocycles. The Morgan fingerprint density at radius 1 is 1.28 bits per heavy atom. The van der Waals surface area contributed by atoms with Gasteiger partial charge < -0.3 is 14.7 Å². The van der Waals surface area contributed by atoms with Crippen LogP contribution in [0.2, 0.25) is 0 Å². The third-order valence-corrected chi connectivity index (χ3v) is 3.23. The predicted octanol–water partition coefficient (Wildman–Crippen LogP) is 1.07. The van der Waals surface area contributed by atoms with Crippen LogP contribution in [0.1, 0.15) is 0 Å². The number of rotatable bonds is 3. The van der Waals surface area contributed by atoms with E-state index in [1.165, 1.54) is 0 Å². The predicted molar refractivity (Wildman–Crippen MR) is 68.9 cm³/mol. The van der Waals surface area contributed by atoms with Gasteiger partial charge >= 0.3 is 0 Å². The van der Waals surface area contributed by atoms with Gasteiger partial charge in [0.25, 0.3) is 5.88 Å². The summed E-state index contributed by atoms with van der Waals surface area (Å²) in [7, 11) is 1.60. The van der Waals surface area contributed by atoms with E-state index in [4.69, 9.17) is 9.84 Å². The molecule has 2 heterocycles. The average molecular weight is 245 g/mol. The minimum absolute atomic E-state index is 0.222. The first kappa shape index (κ1) is 11.2. The molecule has 0 bridgehead atoms. The fourth-order valence-electron chi connectivity index (χ4n) is 2.18. The van der Waals surface area contributed by atoms with Gasteiger partial charge in [-0.25, -0.2) is 9.97 Å². The van der Waals surface area contributed by atoms with Crippen molar-refractivity contribution in [2.24, 2.45) is 5.92 Å². The van der Waals surface area contributed by atoms with Gasteiger partial charge in [-0.15, -0.1) is 0 Å². The fraction of sp³-hybridized carbons (Fsp3) is 0.385. The second-order valence-electron chi connectivity index (χ2n) is 4.50. The summed E-state index contributed by atoms with van der Waals surface area (Å²) in [6.45, 7) is 1.83. The zero-order valence-electron chi connectivity index (χ0n) is 10.2. The molecule has 18 heavy (non-hydrogen) atoms. The lowest BCUT2D eigenvalue weighted by atomic mass is 10.0. The highest BCUT2D eigenvalue weighted by atomic mass is 16.5. The Bertz CT molecular complexity index is 567. The van der Waals surface area contributed by atoms with Gasteiger partial charge in [0.1, 0.15) is 0 Å². The first-order chi connectivity index (χ1) is 8.81. The van der Waals surface area contributed by atoms with Crippen molar-refractivity contribution >= 4 is 16.9 Å². The van der Waals surface area contributed by atoms with Crippen LogP contribution in [0, 0.1) is 5.92 Å². The smallest absolute Gasteiger partial charge is 0.257 e. The molecule has 1 aromatic carbocycles. The standard InChI is InChI=1S/C13H15N3O2/c1-18-13-12(16-6-9(7-16)8-17)14-10-4-2-3-5-11(10)15-13/h2-5,9,17H,6-8H2,1H3. The van der Waals surface area contributed by atoms with Gasteiger partial charge in [0.15, 0.2) is 5.82 Å². The van der Waals surface area contributed by atoms with Crippen LogP contribution in [0.3, 0.4) is 0 Å². The number of benzene rings is 1. The van der Waals surface area contributed by atoms with Crippen LogP contribution in [0.15, 0.2) is 24.3 Å². The van der Waals surface area contributed by atoms with Crippen LogP contribution in [0.25, 0.3) is 11.0 Å². The van der Waals surface area contributed by atoms with E-state index in [1.54, 1.807) is 7.11 Å². The van der Waals surface area contributed by atoms with Crippen molar-refractivity contribution in [2.45, 2.75) is 0 Å². The molecule has 94 valence electrons. The molecule has 1 fully saturated rings. The van der Waals surface area contributed by atoms with Gasteiger partial charge in [-0.3, -0.25) is 0 Å². The van der Waals surface area contributed by atoms with E-state index in [9.17, 15) is 0 Å². The van der Waals surface area contributed by atoms with E-state index in [0.29, 0.717) is 11.8 Å². The van der Waals surface area contributed by atoms with E-state index in [1.807, 2.05) is 24.3 Å². The summed E-state index contributed by atoms with van der Waals surface area (Å²) in [6.07, 6.45) is 0. The molecule has 5 nitrogen and oxygen atoms in total. The van der Waals surface area contributed by atoms with Crippen LogP contribution in [-0.4, -0.2) is 41.9 Å². The first-order valence-corrected chi connectivity index (χ1v) is 5.98. The van der Waals surface area contributed by atoms with Crippen LogP contribution in [0.5, 0.6) is 5.88 Å². The number of methoxy groups -OCH3 is 1. The van der Waals surface area contributed by atoms with Crippen molar-refractivity contribution in [3.8, 4) is 5.88 Å². The second-order valence-corrected chi connectivity index (χ2v) is 4.50. The van der Waals surface area contributed by atoms with Crippen molar-refractivity contribution in [3.63, 3.8) is 0 Å².